The number of rotatable bonds is 2. The van der Waals surface area contributed by atoms with Crippen LogP contribution < -0.4 is 0 Å². The fourth-order valence-electron chi connectivity index (χ4n) is 3.64. The molecule has 2 rings (SSSR count). The van der Waals surface area contributed by atoms with E-state index in [1.807, 2.05) is 0 Å². The van der Waals surface area contributed by atoms with Crippen molar-refractivity contribution in [1.82, 2.24) is 0 Å². The highest BCUT2D eigenvalue weighted by molar-refractivity contribution is 4.95. The fourth-order valence-corrected chi connectivity index (χ4v) is 3.64. The molecule has 0 unspecified atom stereocenters. The van der Waals surface area contributed by atoms with Crippen LogP contribution in [0.3, 0.4) is 0 Å². The normalized spacial score (nSPS) is 39.2. The topological polar surface area (TPSA) is 40.5 Å². The Kier molecular flexibility index (Phi) is 3.68. The van der Waals surface area contributed by atoms with Gasteiger partial charge >= 0.3 is 0 Å². The highest BCUT2D eigenvalue weighted by atomic mass is 16.3. The second-order valence-electron chi connectivity index (χ2n) is 5.45. The van der Waals surface area contributed by atoms with E-state index in [0.717, 1.165) is 19.3 Å². The lowest BCUT2D eigenvalue weighted by Crippen LogP contribution is -2.49. The summed E-state index contributed by atoms with van der Waals surface area (Å²) < 4.78 is 0. The molecule has 88 valence electrons. The van der Waals surface area contributed by atoms with E-state index in [1.165, 1.54) is 38.5 Å². The molecule has 0 saturated heterocycles. The van der Waals surface area contributed by atoms with Crippen molar-refractivity contribution in [2.24, 2.45) is 11.8 Å². The van der Waals surface area contributed by atoms with Crippen molar-refractivity contribution in [3.8, 4) is 0 Å². The molecule has 2 heteroatoms. The van der Waals surface area contributed by atoms with E-state index < -0.39 is 5.60 Å². The van der Waals surface area contributed by atoms with Crippen LogP contribution >= 0.6 is 0 Å². The SMILES string of the molecule is OC[C@@H]1CCCC[C@@]1(O)C1CCCCC1. The minimum atomic E-state index is -0.534. The lowest BCUT2D eigenvalue weighted by Gasteiger charge is -2.46. The van der Waals surface area contributed by atoms with Crippen molar-refractivity contribution < 1.29 is 10.2 Å². The molecule has 0 spiro atoms. The summed E-state index contributed by atoms with van der Waals surface area (Å²) in [5.74, 6) is 0.609. The van der Waals surface area contributed by atoms with Crippen LogP contribution in [0.1, 0.15) is 57.8 Å². The molecule has 0 amide bonds. The predicted molar refractivity (Wildman–Crippen MR) is 60.6 cm³/mol. The Hall–Kier alpha value is -0.0800. The summed E-state index contributed by atoms with van der Waals surface area (Å²) in [7, 11) is 0. The summed E-state index contributed by atoms with van der Waals surface area (Å²) in [5, 5.41) is 20.2. The van der Waals surface area contributed by atoms with E-state index in [4.69, 9.17) is 0 Å². The molecule has 2 atom stereocenters. The summed E-state index contributed by atoms with van der Waals surface area (Å²) in [6.07, 6.45) is 10.5. The maximum absolute atomic E-state index is 10.8. The standard InChI is InChI=1S/C13H24O2/c14-10-12-8-4-5-9-13(12,15)11-6-2-1-3-7-11/h11-12,14-15H,1-10H2/t12-,13+/m0/s1. The molecule has 2 fully saturated rings. The Labute approximate surface area is 92.7 Å². The first kappa shape index (κ1) is 11.4. The second-order valence-corrected chi connectivity index (χ2v) is 5.45. The molecule has 2 aliphatic carbocycles. The van der Waals surface area contributed by atoms with Gasteiger partial charge in [0.05, 0.1) is 5.60 Å². The average molecular weight is 212 g/mol. The monoisotopic (exact) mass is 212 g/mol. The van der Waals surface area contributed by atoms with Gasteiger partial charge in [0.15, 0.2) is 0 Å². The molecule has 0 bridgehead atoms. The van der Waals surface area contributed by atoms with Gasteiger partial charge in [-0.05, 0) is 31.6 Å². The summed E-state index contributed by atoms with van der Waals surface area (Å²) in [6, 6.07) is 0. The molecule has 2 aliphatic rings. The molecule has 0 aromatic heterocycles. The van der Waals surface area contributed by atoms with Crippen LogP contribution in [0, 0.1) is 11.8 Å². The largest absolute Gasteiger partial charge is 0.396 e. The smallest absolute Gasteiger partial charge is 0.0725 e. The molecular formula is C13H24O2. The Morgan fingerprint density at radius 2 is 1.60 bits per heavy atom. The minimum absolute atomic E-state index is 0.148. The summed E-state index contributed by atoms with van der Waals surface area (Å²) in [6.45, 7) is 0.174. The Morgan fingerprint density at radius 3 is 2.27 bits per heavy atom. The molecule has 0 aromatic rings. The summed E-state index contributed by atoms with van der Waals surface area (Å²) in [4.78, 5) is 0. The van der Waals surface area contributed by atoms with Gasteiger partial charge in [-0.2, -0.15) is 0 Å². The van der Waals surface area contributed by atoms with Crippen LogP contribution in [0.2, 0.25) is 0 Å². The van der Waals surface area contributed by atoms with Crippen LogP contribution in [-0.2, 0) is 0 Å². The number of hydrogen-bond donors (Lipinski definition) is 2. The molecule has 2 saturated carbocycles. The van der Waals surface area contributed by atoms with Crippen molar-refractivity contribution in [2.45, 2.75) is 63.4 Å². The van der Waals surface area contributed by atoms with E-state index in [2.05, 4.69) is 0 Å². The number of hydrogen-bond acceptors (Lipinski definition) is 2. The third kappa shape index (κ3) is 2.21. The lowest BCUT2D eigenvalue weighted by molar-refractivity contribution is -0.117. The molecule has 0 aromatic carbocycles. The van der Waals surface area contributed by atoms with Crippen LogP contribution in [0.5, 0.6) is 0 Å². The van der Waals surface area contributed by atoms with Gasteiger partial charge in [-0.25, -0.2) is 0 Å². The molecule has 0 heterocycles. The van der Waals surface area contributed by atoms with Gasteiger partial charge in [0, 0.05) is 12.5 Å². The van der Waals surface area contributed by atoms with Crippen LogP contribution in [0.25, 0.3) is 0 Å². The molecular weight excluding hydrogens is 188 g/mol. The molecule has 2 nitrogen and oxygen atoms in total. The highest BCUT2D eigenvalue weighted by Crippen LogP contribution is 2.44. The Bertz CT molecular complexity index is 199. The van der Waals surface area contributed by atoms with Gasteiger partial charge < -0.3 is 10.2 Å². The molecule has 15 heavy (non-hydrogen) atoms. The first-order valence-electron chi connectivity index (χ1n) is 6.60. The first-order valence-corrected chi connectivity index (χ1v) is 6.60. The van der Waals surface area contributed by atoms with Crippen molar-refractivity contribution in [3.63, 3.8) is 0 Å². The minimum Gasteiger partial charge on any atom is -0.396 e. The van der Waals surface area contributed by atoms with Crippen LogP contribution in [-0.4, -0.2) is 22.4 Å². The van der Waals surface area contributed by atoms with Crippen LogP contribution in [0.4, 0.5) is 0 Å². The zero-order valence-corrected chi connectivity index (χ0v) is 9.62. The van der Waals surface area contributed by atoms with E-state index in [0.29, 0.717) is 5.92 Å². The second kappa shape index (κ2) is 4.84. The number of aliphatic hydroxyl groups excluding tert-OH is 1. The predicted octanol–water partition coefficient (Wildman–Crippen LogP) is 2.48. The van der Waals surface area contributed by atoms with Gasteiger partial charge in [-0.15, -0.1) is 0 Å². The van der Waals surface area contributed by atoms with Crippen molar-refractivity contribution in [2.75, 3.05) is 6.61 Å². The van der Waals surface area contributed by atoms with Gasteiger partial charge in [-0.1, -0.05) is 32.1 Å². The van der Waals surface area contributed by atoms with Gasteiger partial charge in [0.2, 0.25) is 0 Å². The lowest BCUT2D eigenvalue weighted by atomic mass is 9.65. The van der Waals surface area contributed by atoms with Crippen molar-refractivity contribution in [3.05, 3.63) is 0 Å². The third-order valence-corrected chi connectivity index (χ3v) is 4.62. The number of aliphatic hydroxyl groups is 2. The molecule has 0 aliphatic heterocycles. The van der Waals surface area contributed by atoms with E-state index in [-0.39, 0.29) is 12.5 Å². The Balaban J connectivity index is 2.06. The maximum atomic E-state index is 10.8. The van der Waals surface area contributed by atoms with Gasteiger partial charge in [0.1, 0.15) is 0 Å². The molecule has 0 radical (unpaired) electrons. The maximum Gasteiger partial charge on any atom is 0.0725 e. The zero-order chi connectivity index (χ0) is 10.7. The van der Waals surface area contributed by atoms with Crippen molar-refractivity contribution >= 4 is 0 Å². The van der Waals surface area contributed by atoms with Gasteiger partial charge in [0.25, 0.3) is 0 Å². The third-order valence-electron chi connectivity index (χ3n) is 4.62. The zero-order valence-electron chi connectivity index (χ0n) is 9.62. The van der Waals surface area contributed by atoms with E-state index >= 15 is 0 Å². The van der Waals surface area contributed by atoms with E-state index in [9.17, 15) is 10.2 Å². The average Bonchev–Trinajstić information content (AvgIpc) is 2.31. The summed E-state index contributed by atoms with van der Waals surface area (Å²) in [5.41, 5.74) is -0.534. The fraction of sp³-hybridized carbons (Fsp3) is 1.00. The van der Waals surface area contributed by atoms with Crippen molar-refractivity contribution in [1.29, 1.82) is 0 Å². The highest BCUT2D eigenvalue weighted by Gasteiger charge is 2.44. The Morgan fingerprint density at radius 1 is 0.933 bits per heavy atom. The molecule has 2 N–H and O–H groups in total. The van der Waals surface area contributed by atoms with E-state index in [1.54, 1.807) is 0 Å². The van der Waals surface area contributed by atoms with Crippen LogP contribution in [0.15, 0.2) is 0 Å². The van der Waals surface area contributed by atoms with Gasteiger partial charge in [-0.3, -0.25) is 0 Å². The quantitative estimate of drug-likeness (QED) is 0.738. The summed E-state index contributed by atoms with van der Waals surface area (Å²) >= 11 is 0. The first-order chi connectivity index (χ1) is 7.27.